The number of rotatable bonds is 8. The van der Waals surface area contributed by atoms with E-state index < -0.39 is 0 Å². The molecule has 0 atom stereocenters. The third-order valence-corrected chi connectivity index (χ3v) is 4.49. The van der Waals surface area contributed by atoms with Crippen LogP contribution in [0, 0.1) is 3.57 Å². The molecule has 0 aliphatic rings. The van der Waals surface area contributed by atoms with Crippen LogP contribution in [0.3, 0.4) is 0 Å². The van der Waals surface area contributed by atoms with Gasteiger partial charge in [-0.05, 0) is 77.5 Å². The molecule has 0 saturated carbocycles. The van der Waals surface area contributed by atoms with E-state index in [1.807, 2.05) is 0 Å². The van der Waals surface area contributed by atoms with Crippen LogP contribution in [0.4, 0.5) is 0 Å². The number of benzene rings is 1. The molecule has 0 aliphatic heterocycles. The zero-order valence-electron chi connectivity index (χ0n) is 12.2. The molecule has 0 unspecified atom stereocenters. The summed E-state index contributed by atoms with van der Waals surface area (Å²) in [5.41, 5.74) is 4.79. The van der Waals surface area contributed by atoms with E-state index >= 15 is 0 Å². The lowest BCUT2D eigenvalue weighted by atomic mass is 9.94. The van der Waals surface area contributed by atoms with Gasteiger partial charge in [-0.3, -0.25) is 0 Å². The molecule has 1 aromatic carbocycles. The zero-order chi connectivity index (χ0) is 13.4. The molecule has 18 heavy (non-hydrogen) atoms. The molecule has 1 aromatic rings. The van der Waals surface area contributed by atoms with Gasteiger partial charge in [-0.15, -0.1) is 0 Å². The van der Waals surface area contributed by atoms with E-state index in [2.05, 4.69) is 55.5 Å². The van der Waals surface area contributed by atoms with Crippen molar-refractivity contribution in [2.24, 2.45) is 0 Å². The summed E-state index contributed by atoms with van der Waals surface area (Å²) < 4.78 is 1.47. The summed E-state index contributed by atoms with van der Waals surface area (Å²) in [7, 11) is 0. The minimum Gasteiger partial charge on any atom is -0.0654 e. The fraction of sp³-hybridized carbons (Fsp3) is 0.647. The molecule has 0 saturated heterocycles. The summed E-state index contributed by atoms with van der Waals surface area (Å²) in [5, 5.41) is 0. The highest BCUT2D eigenvalue weighted by atomic mass is 127. The molecule has 0 fully saturated rings. The van der Waals surface area contributed by atoms with Crippen molar-refractivity contribution in [2.45, 2.75) is 72.1 Å². The highest BCUT2D eigenvalue weighted by Gasteiger charge is 2.07. The first-order chi connectivity index (χ1) is 8.72. The lowest BCUT2D eigenvalue weighted by Crippen LogP contribution is -2.00. The van der Waals surface area contributed by atoms with E-state index in [4.69, 9.17) is 0 Å². The van der Waals surface area contributed by atoms with Crippen LogP contribution in [0.1, 0.15) is 69.6 Å². The predicted molar refractivity (Wildman–Crippen MR) is 90.4 cm³/mol. The van der Waals surface area contributed by atoms with Gasteiger partial charge in [0.1, 0.15) is 0 Å². The van der Waals surface area contributed by atoms with Crippen molar-refractivity contribution in [3.63, 3.8) is 0 Å². The average Bonchev–Trinajstić information content (AvgIpc) is 2.37. The molecule has 0 amide bonds. The Balaban J connectivity index is 2.94. The van der Waals surface area contributed by atoms with Crippen molar-refractivity contribution in [2.75, 3.05) is 0 Å². The number of aryl methyl sites for hydroxylation is 3. The summed E-state index contributed by atoms with van der Waals surface area (Å²) in [6.07, 6.45) is 10.2. The van der Waals surface area contributed by atoms with Crippen LogP contribution in [0.5, 0.6) is 0 Å². The molecule has 0 nitrogen and oxygen atoms in total. The molecule has 0 radical (unpaired) electrons. The Morgan fingerprint density at radius 2 is 1.28 bits per heavy atom. The van der Waals surface area contributed by atoms with Crippen molar-refractivity contribution in [3.8, 4) is 0 Å². The molecule has 1 rings (SSSR count). The summed E-state index contributed by atoms with van der Waals surface area (Å²) in [6.45, 7) is 6.83. The van der Waals surface area contributed by atoms with Gasteiger partial charge in [0, 0.05) is 3.57 Å². The van der Waals surface area contributed by atoms with Crippen LogP contribution >= 0.6 is 22.6 Å². The van der Waals surface area contributed by atoms with E-state index in [9.17, 15) is 0 Å². The summed E-state index contributed by atoms with van der Waals surface area (Å²) >= 11 is 2.52. The van der Waals surface area contributed by atoms with Crippen LogP contribution < -0.4 is 0 Å². The normalized spacial score (nSPS) is 10.9. The molecule has 0 aromatic heterocycles. The van der Waals surface area contributed by atoms with Crippen LogP contribution in [0.25, 0.3) is 0 Å². The lowest BCUT2D eigenvalue weighted by molar-refractivity contribution is 0.754. The third-order valence-electron chi connectivity index (χ3n) is 3.49. The Hall–Kier alpha value is -0.0500. The lowest BCUT2D eigenvalue weighted by Gasteiger charge is -2.13. The summed E-state index contributed by atoms with van der Waals surface area (Å²) in [6, 6.07) is 4.94. The first-order valence-corrected chi connectivity index (χ1v) is 8.60. The van der Waals surface area contributed by atoms with Gasteiger partial charge in [0.05, 0.1) is 0 Å². The van der Waals surface area contributed by atoms with Crippen molar-refractivity contribution in [3.05, 3.63) is 32.4 Å². The molecule has 0 aliphatic carbocycles. The number of unbranched alkanes of at least 4 members (excludes halogenated alkanes) is 2. The third kappa shape index (κ3) is 4.91. The van der Waals surface area contributed by atoms with E-state index in [0.717, 1.165) is 0 Å². The maximum atomic E-state index is 2.52. The molecular weight excluding hydrogens is 331 g/mol. The van der Waals surface area contributed by atoms with Gasteiger partial charge in [-0.1, -0.05) is 46.1 Å². The van der Waals surface area contributed by atoms with Crippen molar-refractivity contribution >= 4 is 22.6 Å². The minimum atomic E-state index is 1.23. The number of hydrogen-bond donors (Lipinski definition) is 0. The van der Waals surface area contributed by atoms with Crippen LogP contribution in [0.15, 0.2) is 12.1 Å². The van der Waals surface area contributed by atoms with Crippen molar-refractivity contribution in [1.82, 2.24) is 0 Å². The molecule has 0 bridgehead atoms. The van der Waals surface area contributed by atoms with E-state index in [1.54, 1.807) is 16.7 Å². The Kier molecular flexibility index (Phi) is 7.96. The SMILES string of the molecule is CCCCc1cc(I)c(CCC)cc1CCCC. The Bertz CT molecular complexity index is 355. The molecule has 0 heterocycles. The first-order valence-electron chi connectivity index (χ1n) is 7.53. The second-order valence-corrected chi connectivity index (χ2v) is 6.33. The first kappa shape index (κ1) is 16.0. The monoisotopic (exact) mass is 358 g/mol. The van der Waals surface area contributed by atoms with E-state index in [0.29, 0.717) is 0 Å². The fourth-order valence-electron chi connectivity index (χ4n) is 2.37. The number of hydrogen-bond acceptors (Lipinski definition) is 0. The Morgan fingerprint density at radius 1 is 0.722 bits per heavy atom. The Morgan fingerprint density at radius 3 is 1.78 bits per heavy atom. The Labute approximate surface area is 127 Å². The van der Waals surface area contributed by atoms with Gasteiger partial charge in [0.15, 0.2) is 0 Å². The molecule has 102 valence electrons. The topological polar surface area (TPSA) is 0 Å². The van der Waals surface area contributed by atoms with Gasteiger partial charge in [-0.2, -0.15) is 0 Å². The highest BCUT2D eigenvalue weighted by Crippen LogP contribution is 2.23. The highest BCUT2D eigenvalue weighted by molar-refractivity contribution is 14.1. The predicted octanol–water partition coefficient (Wildman–Crippen LogP) is 5.93. The smallest absolute Gasteiger partial charge is 0.0165 e. The largest absolute Gasteiger partial charge is 0.0654 e. The minimum absolute atomic E-state index is 1.23. The van der Waals surface area contributed by atoms with Gasteiger partial charge < -0.3 is 0 Å². The van der Waals surface area contributed by atoms with E-state index in [1.165, 1.54) is 54.9 Å². The van der Waals surface area contributed by atoms with Crippen molar-refractivity contribution < 1.29 is 0 Å². The molecule has 1 heteroatoms. The molecule has 0 spiro atoms. The number of halogens is 1. The van der Waals surface area contributed by atoms with Gasteiger partial charge in [0.2, 0.25) is 0 Å². The maximum absolute atomic E-state index is 2.52. The van der Waals surface area contributed by atoms with Gasteiger partial charge in [-0.25, -0.2) is 0 Å². The van der Waals surface area contributed by atoms with Gasteiger partial charge >= 0.3 is 0 Å². The zero-order valence-corrected chi connectivity index (χ0v) is 14.3. The maximum Gasteiger partial charge on any atom is 0.0165 e. The van der Waals surface area contributed by atoms with Crippen LogP contribution in [0.2, 0.25) is 0 Å². The van der Waals surface area contributed by atoms with E-state index in [-0.39, 0.29) is 0 Å². The molecular formula is C17H27I. The molecule has 0 N–H and O–H groups in total. The summed E-state index contributed by atoms with van der Waals surface area (Å²) in [5.74, 6) is 0. The van der Waals surface area contributed by atoms with Crippen LogP contribution in [-0.2, 0) is 19.3 Å². The second-order valence-electron chi connectivity index (χ2n) is 5.17. The van der Waals surface area contributed by atoms with Crippen LogP contribution in [-0.4, -0.2) is 0 Å². The second kappa shape index (κ2) is 8.95. The quantitative estimate of drug-likeness (QED) is 0.505. The average molecular weight is 358 g/mol. The van der Waals surface area contributed by atoms with Crippen molar-refractivity contribution in [1.29, 1.82) is 0 Å². The standard InChI is InChI=1S/C17H27I/c1-4-7-10-14-12-16(9-6-3)17(18)13-15(14)11-8-5-2/h12-13H,4-11H2,1-3H3. The fourth-order valence-corrected chi connectivity index (χ4v) is 3.17. The summed E-state index contributed by atoms with van der Waals surface area (Å²) in [4.78, 5) is 0. The van der Waals surface area contributed by atoms with Gasteiger partial charge in [0.25, 0.3) is 0 Å².